The predicted molar refractivity (Wildman–Crippen MR) is 166 cm³/mol. The molecule has 4 atom stereocenters. The van der Waals surface area contributed by atoms with Gasteiger partial charge in [-0.2, -0.15) is 0 Å². The third-order valence-electron chi connectivity index (χ3n) is 8.18. The van der Waals surface area contributed by atoms with Gasteiger partial charge in [0.1, 0.15) is 29.7 Å². The normalized spacial score (nSPS) is 16.7. The van der Waals surface area contributed by atoms with Crippen LogP contribution in [0.1, 0.15) is 49.7 Å². The molecule has 0 unspecified atom stereocenters. The average Bonchev–Trinajstić information content (AvgIpc) is 3.72. The van der Waals surface area contributed by atoms with Crippen molar-refractivity contribution in [1.82, 2.24) is 30.0 Å². The van der Waals surface area contributed by atoms with Crippen LogP contribution in [0.3, 0.4) is 0 Å². The van der Waals surface area contributed by atoms with Crippen LogP contribution in [0.4, 0.5) is 8.78 Å². The highest BCUT2D eigenvalue weighted by Gasteiger charge is 2.38. The maximum absolute atomic E-state index is 14.0. The summed E-state index contributed by atoms with van der Waals surface area (Å²) >= 11 is 0. The van der Waals surface area contributed by atoms with Gasteiger partial charge in [-0.3, -0.25) is 14.4 Å². The van der Waals surface area contributed by atoms with E-state index in [1.54, 1.807) is 65.7 Å². The van der Waals surface area contributed by atoms with Crippen LogP contribution in [0.5, 0.6) is 0 Å². The molecular weight excluding hydrogens is 582 g/mol. The predicted octanol–water partition coefficient (Wildman–Crippen LogP) is 3.34. The molecule has 3 amide bonds. The topological polar surface area (TPSA) is 109 Å². The zero-order valence-electron chi connectivity index (χ0n) is 26.2. The number of ether oxygens (including phenoxy) is 1. The first-order valence-corrected chi connectivity index (χ1v) is 15.3. The minimum Gasteiger partial charge on any atom is -0.376 e. The molecule has 242 valence electrons. The summed E-state index contributed by atoms with van der Waals surface area (Å²) in [7, 11) is 1.67. The summed E-state index contributed by atoms with van der Waals surface area (Å²) in [5, 5.41) is 5.75. The molecule has 2 heterocycles. The molecule has 4 rings (SSSR count). The van der Waals surface area contributed by atoms with E-state index in [4.69, 9.17) is 4.74 Å². The van der Waals surface area contributed by atoms with Crippen LogP contribution in [0.2, 0.25) is 0 Å². The number of carbonyl (C=O) groups is 3. The van der Waals surface area contributed by atoms with Gasteiger partial charge in [-0.05, 0) is 89.0 Å². The van der Waals surface area contributed by atoms with Gasteiger partial charge in [-0.15, -0.1) is 0 Å². The Bertz CT molecular complexity index is 1430. The van der Waals surface area contributed by atoms with Crippen molar-refractivity contribution < 1.29 is 27.9 Å². The van der Waals surface area contributed by atoms with Gasteiger partial charge in [-0.25, -0.2) is 13.8 Å². The van der Waals surface area contributed by atoms with Crippen LogP contribution in [0, 0.1) is 11.6 Å². The smallest absolute Gasteiger partial charge is 0.274 e. The Labute approximate surface area is 262 Å². The summed E-state index contributed by atoms with van der Waals surface area (Å²) in [5.41, 5.74) is 1.71. The van der Waals surface area contributed by atoms with Gasteiger partial charge >= 0.3 is 0 Å². The molecular formula is C33H42F2N6O4. The summed E-state index contributed by atoms with van der Waals surface area (Å²) < 4.78 is 34.4. The lowest BCUT2D eigenvalue weighted by molar-refractivity contribution is -0.141. The number of nitrogens with zero attached hydrogens (tertiary/aromatic N) is 4. The zero-order valence-corrected chi connectivity index (χ0v) is 26.2. The van der Waals surface area contributed by atoms with Crippen molar-refractivity contribution in [2.24, 2.45) is 0 Å². The fourth-order valence-electron chi connectivity index (χ4n) is 5.44. The summed E-state index contributed by atoms with van der Waals surface area (Å²) in [5.74, 6) is -1.61. The molecule has 1 saturated heterocycles. The van der Waals surface area contributed by atoms with E-state index in [2.05, 4.69) is 15.6 Å². The number of hydrogen-bond donors (Lipinski definition) is 2. The summed E-state index contributed by atoms with van der Waals surface area (Å²) in [6.07, 6.45) is 4.41. The van der Waals surface area contributed by atoms with Gasteiger partial charge in [0, 0.05) is 44.2 Å². The Morgan fingerprint density at radius 2 is 1.73 bits per heavy atom. The number of nitrogens with one attached hydrogen (secondary N) is 2. The quantitative estimate of drug-likeness (QED) is 0.285. The number of likely N-dealkylation sites (tertiary alicyclic amines) is 1. The van der Waals surface area contributed by atoms with E-state index < -0.39 is 18.2 Å². The second kappa shape index (κ2) is 15.7. The highest BCUT2D eigenvalue weighted by atomic mass is 19.1. The van der Waals surface area contributed by atoms with Crippen LogP contribution >= 0.6 is 0 Å². The zero-order chi connectivity index (χ0) is 32.5. The third kappa shape index (κ3) is 8.73. The molecule has 1 aromatic heterocycles. The van der Waals surface area contributed by atoms with E-state index in [1.165, 1.54) is 30.6 Å². The van der Waals surface area contributed by atoms with Crippen molar-refractivity contribution in [1.29, 1.82) is 0 Å². The van der Waals surface area contributed by atoms with E-state index in [1.807, 2.05) is 6.92 Å². The Morgan fingerprint density at radius 3 is 2.38 bits per heavy atom. The number of aromatic nitrogens is 2. The van der Waals surface area contributed by atoms with E-state index >= 15 is 0 Å². The van der Waals surface area contributed by atoms with Gasteiger partial charge in [0.15, 0.2) is 0 Å². The Morgan fingerprint density at radius 1 is 1.07 bits per heavy atom. The first kappa shape index (κ1) is 33.7. The number of hydrogen-bond acceptors (Lipinski definition) is 6. The van der Waals surface area contributed by atoms with Crippen molar-refractivity contribution in [3.63, 3.8) is 0 Å². The molecule has 1 aliphatic heterocycles. The molecule has 0 bridgehead atoms. The number of likely N-dealkylation sites (N-methyl/N-ethyl adjacent to an activating group) is 1. The first-order chi connectivity index (χ1) is 21.6. The van der Waals surface area contributed by atoms with E-state index in [0.717, 1.165) is 12.0 Å². The minimum atomic E-state index is -0.899. The van der Waals surface area contributed by atoms with Crippen LogP contribution in [0.25, 0.3) is 5.69 Å². The van der Waals surface area contributed by atoms with Crippen LogP contribution in [-0.2, 0) is 20.7 Å². The second-order valence-corrected chi connectivity index (χ2v) is 11.3. The molecule has 2 aromatic carbocycles. The number of benzene rings is 2. The lowest BCUT2D eigenvalue weighted by Gasteiger charge is -2.34. The highest BCUT2D eigenvalue weighted by Crippen LogP contribution is 2.22. The largest absolute Gasteiger partial charge is 0.376 e. The van der Waals surface area contributed by atoms with Gasteiger partial charge in [0.2, 0.25) is 11.8 Å². The molecule has 10 nitrogen and oxygen atoms in total. The summed E-state index contributed by atoms with van der Waals surface area (Å²) in [4.78, 5) is 48.4. The average molecular weight is 625 g/mol. The van der Waals surface area contributed by atoms with Gasteiger partial charge in [0.25, 0.3) is 5.91 Å². The minimum absolute atomic E-state index is 0.200. The lowest BCUT2D eigenvalue weighted by atomic mass is 10.1. The molecule has 1 fully saturated rings. The standard InChI is InChI=1S/C33H42F2N6O4/c1-5-45-23(3)30(38-31(42)22(2)36-4)33(44)41-17-6-7-28(41)19-39(18-16-24-8-10-25(34)11-9-24)32(43)29-20-40(21-37-29)27-14-12-26(35)13-15-27/h8-15,20-23,28,30,36H,5-7,16-19H2,1-4H3,(H,38,42)/t22-,23+,28-,30-/m0/s1. The van der Waals surface area contributed by atoms with Crippen molar-refractivity contribution in [3.8, 4) is 5.69 Å². The molecule has 0 radical (unpaired) electrons. The van der Waals surface area contributed by atoms with E-state index in [9.17, 15) is 23.2 Å². The monoisotopic (exact) mass is 624 g/mol. The molecule has 0 aliphatic carbocycles. The number of carbonyl (C=O) groups excluding carboxylic acids is 3. The van der Waals surface area contributed by atoms with Crippen LogP contribution in [-0.4, -0.2) is 94.6 Å². The van der Waals surface area contributed by atoms with Crippen molar-refractivity contribution in [2.45, 2.75) is 64.3 Å². The van der Waals surface area contributed by atoms with Gasteiger partial charge in [-0.1, -0.05) is 12.1 Å². The maximum atomic E-state index is 14.0. The molecule has 0 spiro atoms. The molecule has 45 heavy (non-hydrogen) atoms. The fraction of sp³-hybridized carbons (Fsp3) is 0.455. The Hall–Kier alpha value is -4.16. The second-order valence-electron chi connectivity index (χ2n) is 11.3. The lowest BCUT2D eigenvalue weighted by Crippen LogP contribution is -2.58. The van der Waals surface area contributed by atoms with Crippen molar-refractivity contribution in [2.75, 3.05) is 33.3 Å². The number of halogens is 2. The maximum Gasteiger partial charge on any atom is 0.274 e. The fourth-order valence-corrected chi connectivity index (χ4v) is 5.44. The Balaban J connectivity index is 1.56. The highest BCUT2D eigenvalue weighted by molar-refractivity contribution is 5.93. The number of imidazole rings is 1. The third-order valence-corrected chi connectivity index (χ3v) is 8.18. The van der Waals surface area contributed by atoms with Crippen molar-refractivity contribution >= 4 is 17.7 Å². The van der Waals surface area contributed by atoms with E-state index in [0.29, 0.717) is 38.2 Å². The van der Waals surface area contributed by atoms with Crippen molar-refractivity contribution in [3.05, 3.63) is 83.9 Å². The number of rotatable bonds is 14. The molecule has 0 saturated carbocycles. The van der Waals surface area contributed by atoms with Gasteiger partial charge in [0.05, 0.1) is 12.1 Å². The molecule has 3 aromatic rings. The Kier molecular flexibility index (Phi) is 11.8. The molecule has 1 aliphatic rings. The van der Waals surface area contributed by atoms with E-state index in [-0.39, 0.29) is 47.6 Å². The summed E-state index contributed by atoms with van der Waals surface area (Å²) in [6.45, 7) is 6.71. The first-order valence-electron chi connectivity index (χ1n) is 15.3. The molecule has 2 N–H and O–H groups in total. The van der Waals surface area contributed by atoms with Crippen LogP contribution in [0.15, 0.2) is 61.1 Å². The molecule has 12 heteroatoms. The van der Waals surface area contributed by atoms with Crippen LogP contribution < -0.4 is 10.6 Å². The SMILES string of the molecule is CCO[C@H](C)[C@H](NC(=O)[C@H](C)NC)C(=O)N1CCC[C@H]1CN(CCc1ccc(F)cc1)C(=O)c1cn(-c2ccc(F)cc2)cn1. The number of amides is 3. The summed E-state index contributed by atoms with van der Waals surface area (Å²) in [6, 6.07) is 10.3. The van der Waals surface area contributed by atoms with Gasteiger partial charge < -0.3 is 29.7 Å².